The van der Waals surface area contributed by atoms with Crippen molar-refractivity contribution in [1.82, 2.24) is 4.90 Å². The second kappa shape index (κ2) is 4.27. The van der Waals surface area contributed by atoms with Gasteiger partial charge in [-0.05, 0) is 6.42 Å². The number of nitrogens with zero attached hydrogens (tertiary/aromatic N) is 2. The largest absolute Gasteiger partial charge is 0.465 e. The lowest BCUT2D eigenvalue weighted by atomic mass is 9.85. The van der Waals surface area contributed by atoms with E-state index in [0.717, 1.165) is 0 Å². The summed E-state index contributed by atoms with van der Waals surface area (Å²) in [6.45, 7) is 2.22. The number of ether oxygens (including phenoxy) is 1. The van der Waals surface area contributed by atoms with E-state index in [4.69, 9.17) is 4.74 Å². The molecule has 0 spiro atoms. The van der Waals surface area contributed by atoms with Crippen molar-refractivity contribution in [3.05, 3.63) is 0 Å². The summed E-state index contributed by atoms with van der Waals surface area (Å²) in [7, 11) is 1.65. The number of rotatable bonds is 3. The van der Waals surface area contributed by atoms with E-state index < -0.39 is 12.0 Å². The maximum absolute atomic E-state index is 11.4. The lowest BCUT2D eigenvalue weighted by Gasteiger charge is -2.35. The van der Waals surface area contributed by atoms with Crippen LogP contribution >= 0.6 is 0 Å². The molecule has 2 aliphatic heterocycles. The fourth-order valence-corrected chi connectivity index (χ4v) is 2.51. The van der Waals surface area contributed by atoms with Crippen molar-refractivity contribution in [2.75, 3.05) is 13.7 Å². The first kappa shape index (κ1) is 12.3. The molecule has 0 radical (unpaired) electrons. The quantitative estimate of drug-likeness (QED) is 0.655. The summed E-state index contributed by atoms with van der Waals surface area (Å²) in [5.41, 5.74) is -1.42. The minimum atomic E-state index is -1.42. The van der Waals surface area contributed by atoms with Gasteiger partial charge in [-0.25, -0.2) is 4.99 Å². The van der Waals surface area contributed by atoms with E-state index in [2.05, 4.69) is 4.99 Å². The number of carbonyl (C=O) groups is 1. The Balaban J connectivity index is 2.08. The summed E-state index contributed by atoms with van der Waals surface area (Å²) in [6, 6.07) is 0. The average Bonchev–Trinajstić information content (AvgIpc) is 2.75. The van der Waals surface area contributed by atoms with Crippen LogP contribution in [0.4, 0.5) is 0 Å². The molecule has 0 saturated carbocycles. The Morgan fingerprint density at radius 1 is 1.71 bits per heavy atom. The lowest BCUT2D eigenvalue weighted by Crippen LogP contribution is -2.51. The summed E-state index contributed by atoms with van der Waals surface area (Å²) >= 11 is 0. The molecule has 1 saturated heterocycles. The number of aliphatic hydroxyl groups is 2. The second-order valence-electron chi connectivity index (χ2n) is 4.74. The summed E-state index contributed by atoms with van der Waals surface area (Å²) in [4.78, 5) is 16.7. The van der Waals surface area contributed by atoms with Gasteiger partial charge in [0, 0.05) is 19.4 Å². The van der Waals surface area contributed by atoms with E-state index in [1.54, 1.807) is 7.05 Å². The Kier molecular flexibility index (Phi) is 3.09. The highest BCUT2D eigenvalue weighted by molar-refractivity contribution is 5.74. The van der Waals surface area contributed by atoms with Crippen molar-refractivity contribution >= 4 is 12.3 Å². The molecule has 4 atom stereocenters. The van der Waals surface area contributed by atoms with Crippen LogP contribution in [0.2, 0.25) is 0 Å². The predicted molar refractivity (Wildman–Crippen MR) is 60.1 cm³/mol. The molecule has 0 aromatic rings. The van der Waals surface area contributed by atoms with Crippen LogP contribution in [0.1, 0.15) is 19.8 Å². The highest BCUT2D eigenvalue weighted by Gasteiger charge is 2.48. The van der Waals surface area contributed by atoms with Crippen LogP contribution in [0.15, 0.2) is 4.99 Å². The van der Waals surface area contributed by atoms with Gasteiger partial charge in [-0.1, -0.05) is 6.92 Å². The molecule has 2 unspecified atom stereocenters. The number of esters is 1. The lowest BCUT2D eigenvalue weighted by molar-refractivity contribution is -0.143. The van der Waals surface area contributed by atoms with Crippen molar-refractivity contribution in [3.8, 4) is 0 Å². The van der Waals surface area contributed by atoms with Crippen LogP contribution in [-0.4, -0.2) is 53.0 Å². The third-order valence-corrected chi connectivity index (χ3v) is 3.72. The van der Waals surface area contributed by atoms with E-state index in [0.29, 0.717) is 13.0 Å². The molecule has 2 rings (SSSR count). The summed E-state index contributed by atoms with van der Waals surface area (Å²) in [5.74, 6) is -0.478. The van der Waals surface area contributed by atoms with Gasteiger partial charge in [0.25, 0.3) is 0 Å². The molecule has 2 N–H and O–H groups in total. The van der Waals surface area contributed by atoms with Crippen LogP contribution < -0.4 is 0 Å². The van der Waals surface area contributed by atoms with E-state index in [1.165, 1.54) is 11.2 Å². The molecule has 96 valence electrons. The molecule has 0 aromatic heterocycles. The maximum atomic E-state index is 11.4. The molecule has 2 aliphatic rings. The molecule has 0 bridgehead atoms. The van der Waals surface area contributed by atoms with Gasteiger partial charge in [-0.15, -0.1) is 0 Å². The second-order valence-corrected chi connectivity index (χ2v) is 4.74. The zero-order valence-corrected chi connectivity index (χ0v) is 10.0. The number of cyclic esters (lactones) is 1. The van der Waals surface area contributed by atoms with Gasteiger partial charge in [0.2, 0.25) is 0 Å². The van der Waals surface area contributed by atoms with Crippen LogP contribution in [0.3, 0.4) is 0 Å². The van der Waals surface area contributed by atoms with Gasteiger partial charge in [0.15, 0.2) is 12.0 Å². The Morgan fingerprint density at radius 2 is 2.41 bits per heavy atom. The molecule has 17 heavy (non-hydrogen) atoms. The Labute approximate surface area is 99.9 Å². The smallest absolute Gasteiger partial charge is 0.309 e. The first-order chi connectivity index (χ1) is 7.99. The molecule has 6 nitrogen and oxygen atoms in total. The molecule has 0 aliphatic carbocycles. The molecule has 2 heterocycles. The highest BCUT2D eigenvalue weighted by atomic mass is 16.5. The van der Waals surface area contributed by atoms with Gasteiger partial charge >= 0.3 is 5.97 Å². The molecule has 0 aromatic carbocycles. The molecule has 1 fully saturated rings. The average molecular weight is 242 g/mol. The topological polar surface area (TPSA) is 82.4 Å². The van der Waals surface area contributed by atoms with Gasteiger partial charge in [-0.3, -0.25) is 4.79 Å². The Morgan fingerprint density at radius 3 is 2.94 bits per heavy atom. The Bertz CT molecular complexity index is 332. The first-order valence-electron chi connectivity index (χ1n) is 5.82. The summed E-state index contributed by atoms with van der Waals surface area (Å²) < 4.78 is 5.00. The zero-order valence-electron chi connectivity index (χ0n) is 10.0. The third-order valence-electron chi connectivity index (χ3n) is 3.72. The van der Waals surface area contributed by atoms with E-state index in [9.17, 15) is 15.0 Å². The van der Waals surface area contributed by atoms with Gasteiger partial charge in [0.1, 0.15) is 0 Å². The van der Waals surface area contributed by atoms with Crippen molar-refractivity contribution in [2.24, 2.45) is 16.8 Å². The van der Waals surface area contributed by atoms with Crippen molar-refractivity contribution in [2.45, 2.75) is 31.7 Å². The summed E-state index contributed by atoms with van der Waals surface area (Å²) in [6.07, 6.45) is 1.19. The number of hydrogen-bond acceptors (Lipinski definition) is 6. The fourth-order valence-electron chi connectivity index (χ4n) is 2.51. The predicted octanol–water partition coefficient (Wildman–Crippen LogP) is -0.444. The monoisotopic (exact) mass is 242 g/mol. The number of hydrogen-bond donors (Lipinski definition) is 2. The Hall–Kier alpha value is -1.14. The minimum Gasteiger partial charge on any atom is -0.465 e. The fraction of sp³-hybridized carbons (Fsp3) is 0.818. The first-order valence-corrected chi connectivity index (χ1v) is 5.82. The van der Waals surface area contributed by atoms with Crippen LogP contribution in [0, 0.1) is 11.8 Å². The SMILES string of the molecule is CC[C@@H]1C(=O)OC[C@@H]1CC1(O)C(O)N=CN1C. The van der Waals surface area contributed by atoms with Gasteiger partial charge in [-0.2, -0.15) is 0 Å². The minimum absolute atomic E-state index is 0.0729. The van der Waals surface area contributed by atoms with Crippen LogP contribution in [0.25, 0.3) is 0 Å². The molecular weight excluding hydrogens is 224 g/mol. The molecular formula is C11H18N2O4. The van der Waals surface area contributed by atoms with Crippen molar-refractivity contribution in [3.63, 3.8) is 0 Å². The van der Waals surface area contributed by atoms with Crippen molar-refractivity contribution in [1.29, 1.82) is 0 Å². The summed E-state index contributed by atoms with van der Waals surface area (Å²) in [5, 5.41) is 20.1. The molecule has 6 heteroatoms. The zero-order chi connectivity index (χ0) is 12.6. The standard InChI is InChI=1S/C11H18N2O4/c1-3-8-7(5-17-9(8)14)4-11(16)10(15)12-6-13(11)2/h6-8,10,15-16H,3-5H2,1-2H3/t7-,8-,10?,11?/m0/s1. The van der Waals surface area contributed by atoms with Crippen molar-refractivity contribution < 1.29 is 19.7 Å². The number of aliphatic hydroxyl groups excluding tert-OH is 1. The number of likely N-dealkylation sites (N-methyl/N-ethyl adjacent to an activating group) is 1. The van der Waals surface area contributed by atoms with Gasteiger partial charge in [0.05, 0.1) is 18.9 Å². The van der Waals surface area contributed by atoms with Crippen LogP contribution in [-0.2, 0) is 9.53 Å². The van der Waals surface area contributed by atoms with E-state index in [-0.39, 0.29) is 24.2 Å². The van der Waals surface area contributed by atoms with Gasteiger partial charge < -0.3 is 19.8 Å². The maximum Gasteiger partial charge on any atom is 0.309 e. The van der Waals surface area contributed by atoms with Crippen LogP contribution in [0.5, 0.6) is 0 Å². The highest BCUT2D eigenvalue weighted by Crippen LogP contribution is 2.35. The third kappa shape index (κ3) is 1.91. The molecule has 0 amide bonds. The van der Waals surface area contributed by atoms with E-state index in [1.807, 2.05) is 6.92 Å². The number of carbonyl (C=O) groups excluding carboxylic acids is 1. The normalized spacial score (nSPS) is 41.1. The van der Waals surface area contributed by atoms with E-state index >= 15 is 0 Å². The number of aliphatic imine (C=N–C) groups is 1.